The predicted molar refractivity (Wildman–Crippen MR) is 111 cm³/mol. The van der Waals surface area contributed by atoms with Crippen LogP contribution in [0.4, 0.5) is 11.4 Å². The van der Waals surface area contributed by atoms with Gasteiger partial charge < -0.3 is 19.4 Å². The van der Waals surface area contributed by atoms with E-state index in [1.807, 2.05) is 67.5 Å². The molecule has 0 aliphatic rings. The number of nitrogens with zero attached hydrogens (tertiary/aromatic N) is 3. The van der Waals surface area contributed by atoms with Gasteiger partial charge in [-0.2, -0.15) is 0 Å². The Kier molecular flexibility index (Phi) is 6.20. The number of methoxy groups -OCH3 is 1. The average Bonchev–Trinajstić information content (AvgIpc) is 3.17. The summed E-state index contributed by atoms with van der Waals surface area (Å²) in [6, 6.07) is 15.0. The molecule has 1 amide bonds. The second-order valence-corrected chi connectivity index (χ2v) is 7.58. The Hall–Kier alpha value is -3.00. The van der Waals surface area contributed by atoms with E-state index in [-0.39, 0.29) is 5.91 Å². The van der Waals surface area contributed by atoms with Crippen LogP contribution in [0.2, 0.25) is 0 Å². The fourth-order valence-electron chi connectivity index (χ4n) is 2.40. The molecule has 8 heteroatoms. The van der Waals surface area contributed by atoms with Crippen LogP contribution in [-0.2, 0) is 4.79 Å². The van der Waals surface area contributed by atoms with E-state index in [0.717, 1.165) is 22.7 Å². The van der Waals surface area contributed by atoms with Gasteiger partial charge in [-0.15, -0.1) is 10.2 Å². The average molecular weight is 398 g/mol. The van der Waals surface area contributed by atoms with Crippen molar-refractivity contribution in [1.29, 1.82) is 0 Å². The predicted octanol–water partition coefficient (Wildman–Crippen LogP) is 3.93. The van der Waals surface area contributed by atoms with Gasteiger partial charge in [-0.3, -0.25) is 4.79 Å². The molecule has 0 aliphatic carbocycles. The summed E-state index contributed by atoms with van der Waals surface area (Å²) < 4.78 is 10.8. The van der Waals surface area contributed by atoms with Crippen LogP contribution in [0.25, 0.3) is 11.5 Å². The van der Waals surface area contributed by atoms with Crippen LogP contribution in [0.15, 0.2) is 58.2 Å². The Morgan fingerprint density at radius 3 is 2.39 bits per heavy atom. The lowest BCUT2D eigenvalue weighted by Crippen LogP contribution is -2.22. The van der Waals surface area contributed by atoms with Crippen molar-refractivity contribution < 1.29 is 13.9 Å². The third-order valence-electron chi connectivity index (χ3n) is 4.04. The summed E-state index contributed by atoms with van der Waals surface area (Å²) in [6.07, 6.45) is 0. The summed E-state index contributed by atoms with van der Waals surface area (Å²) in [4.78, 5) is 14.4. The molecule has 28 heavy (non-hydrogen) atoms. The van der Waals surface area contributed by atoms with Crippen molar-refractivity contribution in [3.05, 3.63) is 48.5 Å². The van der Waals surface area contributed by atoms with Crippen LogP contribution in [-0.4, -0.2) is 42.6 Å². The number of aromatic nitrogens is 2. The number of nitrogens with one attached hydrogen (secondary N) is 1. The highest BCUT2D eigenvalue weighted by atomic mass is 32.2. The molecule has 0 radical (unpaired) electrons. The van der Waals surface area contributed by atoms with Crippen LogP contribution in [0.1, 0.15) is 6.92 Å². The Morgan fingerprint density at radius 2 is 1.79 bits per heavy atom. The highest BCUT2D eigenvalue weighted by Crippen LogP contribution is 2.28. The van der Waals surface area contributed by atoms with Gasteiger partial charge in [0.1, 0.15) is 5.75 Å². The minimum absolute atomic E-state index is 0.133. The van der Waals surface area contributed by atoms with Crippen molar-refractivity contribution in [2.75, 3.05) is 31.4 Å². The second-order valence-electron chi connectivity index (χ2n) is 6.29. The molecule has 1 atom stereocenters. The smallest absolute Gasteiger partial charge is 0.277 e. The van der Waals surface area contributed by atoms with Crippen LogP contribution in [0.3, 0.4) is 0 Å². The number of amides is 1. The van der Waals surface area contributed by atoms with Crippen molar-refractivity contribution in [2.24, 2.45) is 0 Å². The van der Waals surface area contributed by atoms with Crippen molar-refractivity contribution in [2.45, 2.75) is 17.4 Å². The highest BCUT2D eigenvalue weighted by molar-refractivity contribution is 8.00. The third kappa shape index (κ3) is 4.83. The first kappa shape index (κ1) is 19.8. The fraction of sp³-hybridized carbons (Fsp3) is 0.250. The zero-order valence-corrected chi connectivity index (χ0v) is 17.0. The Morgan fingerprint density at radius 1 is 1.11 bits per heavy atom. The zero-order valence-electron chi connectivity index (χ0n) is 16.2. The van der Waals surface area contributed by atoms with Gasteiger partial charge in [0.05, 0.1) is 12.4 Å². The minimum atomic E-state index is -0.391. The monoisotopic (exact) mass is 398 g/mol. The maximum atomic E-state index is 12.4. The van der Waals surface area contributed by atoms with Crippen molar-refractivity contribution in [3.63, 3.8) is 0 Å². The number of rotatable bonds is 7. The van der Waals surface area contributed by atoms with E-state index in [1.165, 1.54) is 11.8 Å². The van der Waals surface area contributed by atoms with Gasteiger partial charge in [-0.1, -0.05) is 11.8 Å². The molecule has 2 aromatic carbocycles. The summed E-state index contributed by atoms with van der Waals surface area (Å²) in [7, 11) is 5.55. The van der Waals surface area contributed by atoms with Gasteiger partial charge in [0.2, 0.25) is 11.8 Å². The topological polar surface area (TPSA) is 80.5 Å². The molecule has 1 N–H and O–H groups in total. The molecular formula is C20H22N4O3S. The molecule has 146 valence electrons. The number of ether oxygens (including phenoxy) is 1. The normalized spacial score (nSPS) is 11.7. The van der Waals surface area contributed by atoms with E-state index in [0.29, 0.717) is 11.1 Å². The van der Waals surface area contributed by atoms with E-state index >= 15 is 0 Å². The largest absolute Gasteiger partial charge is 0.497 e. The van der Waals surface area contributed by atoms with E-state index in [1.54, 1.807) is 14.0 Å². The van der Waals surface area contributed by atoms with Gasteiger partial charge >= 0.3 is 0 Å². The number of benzene rings is 2. The second kappa shape index (κ2) is 8.79. The van der Waals surface area contributed by atoms with E-state index in [2.05, 4.69) is 15.5 Å². The number of carbonyl (C=O) groups excluding carboxylic acids is 1. The Bertz CT molecular complexity index is 923. The zero-order chi connectivity index (χ0) is 20.1. The first-order chi connectivity index (χ1) is 13.5. The Balaban J connectivity index is 1.60. The maximum absolute atomic E-state index is 12.4. The molecular weight excluding hydrogens is 376 g/mol. The van der Waals surface area contributed by atoms with Crippen molar-refractivity contribution >= 4 is 29.0 Å². The summed E-state index contributed by atoms with van der Waals surface area (Å²) in [5.41, 5.74) is 2.60. The Labute approximate surface area is 168 Å². The molecule has 1 heterocycles. The van der Waals surface area contributed by atoms with Gasteiger partial charge in [0.15, 0.2) is 0 Å². The standard InChI is InChI=1S/C20H22N4O3S/c1-13(18(25)21-15-7-9-16(10-8-15)24(2)3)28-20-23-22-19(27-20)14-5-11-17(26-4)12-6-14/h5-13H,1-4H3,(H,21,25)/t13-/m0/s1. The molecule has 0 saturated carbocycles. The first-order valence-corrected chi connectivity index (χ1v) is 9.57. The fourth-order valence-corrected chi connectivity index (χ4v) is 3.08. The molecule has 7 nitrogen and oxygen atoms in total. The third-order valence-corrected chi connectivity index (χ3v) is 4.98. The molecule has 0 unspecified atom stereocenters. The minimum Gasteiger partial charge on any atom is -0.497 e. The number of hydrogen-bond donors (Lipinski definition) is 1. The summed E-state index contributed by atoms with van der Waals surface area (Å²) in [5.74, 6) is 1.02. The number of hydrogen-bond acceptors (Lipinski definition) is 7. The van der Waals surface area contributed by atoms with Crippen LogP contribution >= 0.6 is 11.8 Å². The molecule has 1 aromatic heterocycles. The van der Waals surface area contributed by atoms with E-state index in [9.17, 15) is 4.79 Å². The molecule has 0 spiro atoms. The van der Waals surface area contributed by atoms with Crippen LogP contribution in [0, 0.1) is 0 Å². The van der Waals surface area contributed by atoms with Gasteiger partial charge in [0.25, 0.3) is 5.22 Å². The lowest BCUT2D eigenvalue weighted by molar-refractivity contribution is -0.115. The van der Waals surface area contributed by atoms with Gasteiger partial charge in [-0.25, -0.2) is 0 Å². The van der Waals surface area contributed by atoms with Gasteiger partial charge in [-0.05, 0) is 55.5 Å². The molecule has 3 rings (SSSR count). The van der Waals surface area contributed by atoms with E-state index < -0.39 is 5.25 Å². The SMILES string of the molecule is COc1ccc(-c2nnc(S[C@@H](C)C(=O)Nc3ccc(N(C)C)cc3)o2)cc1. The molecule has 0 aliphatic heterocycles. The lowest BCUT2D eigenvalue weighted by Gasteiger charge is -2.14. The van der Waals surface area contributed by atoms with Crippen LogP contribution < -0.4 is 15.0 Å². The summed E-state index contributed by atoms with van der Waals surface area (Å²) in [6.45, 7) is 1.80. The first-order valence-electron chi connectivity index (χ1n) is 8.69. The number of anilines is 2. The van der Waals surface area contributed by atoms with Crippen molar-refractivity contribution in [1.82, 2.24) is 10.2 Å². The van der Waals surface area contributed by atoms with Gasteiger partial charge in [0, 0.05) is 31.0 Å². The molecule has 3 aromatic rings. The number of carbonyl (C=O) groups is 1. The van der Waals surface area contributed by atoms with Crippen LogP contribution in [0.5, 0.6) is 5.75 Å². The molecule has 0 fully saturated rings. The highest BCUT2D eigenvalue weighted by Gasteiger charge is 2.19. The molecule has 0 saturated heterocycles. The summed E-state index contributed by atoms with van der Waals surface area (Å²) >= 11 is 1.22. The van der Waals surface area contributed by atoms with Crippen molar-refractivity contribution in [3.8, 4) is 17.2 Å². The maximum Gasteiger partial charge on any atom is 0.277 e. The van der Waals surface area contributed by atoms with E-state index in [4.69, 9.17) is 9.15 Å². The summed E-state index contributed by atoms with van der Waals surface area (Å²) in [5, 5.41) is 10.9. The molecule has 0 bridgehead atoms. The quantitative estimate of drug-likeness (QED) is 0.604. The number of thioether (sulfide) groups is 1. The lowest BCUT2D eigenvalue weighted by atomic mass is 10.2.